The van der Waals surface area contributed by atoms with E-state index in [1.165, 1.54) is 11.3 Å². The highest BCUT2D eigenvalue weighted by Crippen LogP contribution is 2.14. The van der Waals surface area contributed by atoms with E-state index in [9.17, 15) is 9.59 Å². The first-order valence-electron chi connectivity index (χ1n) is 7.88. The number of rotatable bonds is 4. The monoisotopic (exact) mass is 356 g/mol. The van der Waals surface area contributed by atoms with Crippen molar-refractivity contribution in [3.05, 3.63) is 46.4 Å². The van der Waals surface area contributed by atoms with E-state index in [-0.39, 0.29) is 24.3 Å². The van der Waals surface area contributed by atoms with Crippen molar-refractivity contribution in [3.63, 3.8) is 0 Å². The molecule has 3 aromatic rings. The normalized spacial score (nSPS) is 14.5. The molecule has 1 saturated heterocycles. The highest BCUT2D eigenvalue weighted by atomic mass is 32.1. The molecule has 0 aromatic carbocycles. The zero-order valence-corrected chi connectivity index (χ0v) is 14.4. The van der Waals surface area contributed by atoms with E-state index >= 15 is 0 Å². The third-order valence-electron chi connectivity index (χ3n) is 4.00. The van der Waals surface area contributed by atoms with Crippen LogP contribution in [0, 0.1) is 6.92 Å². The van der Waals surface area contributed by atoms with Crippen molar-refractivity contribution in [1.82, 2.24) is 29.6 Å². The lowest BCUT2D eigenvalue weighted by atomic mass is 10.1. The highest BCUT2D eigenvalue weighted by Gasteiger charge is 2.33. The summed E-state index contributed by atoms with van der Waals surface area (Å²) in [7, 11) is 0. The molecule has 0 atom stereocenters. The Kier molecular flexibility index (Phi) is 3.92. The molecule has 128 valence electrons. The summed E-state index contributed by atoms with van der Waals surface area (Å²) >= 11 is 1.52. The molecule has 0 spiro atoms. The third-order valence-corrected chi connectivity index (χ3v) is 4.91. The number of fused-ring (bicyclic) bond motifs is 1. The Bertz CT molecular complexity index is 943. The summed E-state index contributed by atoms with van der Waals surface area (Å²) in [5.74, 6) is 0.282. The van der Waals surface area contributed by atoms with Gasteiger partial charge in [-0.2, -0.15) is 0 Å². The summed E-state index contributed by atoms with van der Waals surface area (Å²) in [5, 5.41) is 3.74. The molecule has 0 bridgehead atoms. The number of carbonyl (C=O) groups excluding carboxylic acids is 2. The average Bonchev–Trinajstić information content (AvgIpc) is 3.17. The number of hydrogen-bond acceptors (Lipinski definition) is 6. The van der Waals surface area contributed by atoms with E-state index in [0.29, 0.717) is 24.6 Å². The van der Waals surface area contributed by atoms with Gasteiger partial charge in [-0.15, -0.1) is 11.3 Å². The van der Waals surface area contributed by atoms with Crippen LogP contribution in [0.15, 0.2) is 30.9 Å². The van der Waals surface area contributed by atoms with Crippen molar-refractivity contribution in [3.8, 4) is 0 Å². The summed E-state index contributed by atoms with van der Waals surface area (Å²) in [5.41, 5.74) is 0.363. The van der Waals surface area contributed by atoms with Crippen LogP contribution in [-0.4, -0.2) is 55.2 Å². The van der Waals surface area contributed by atoms with Crippen LogP contribution < -0.4 is 5.32 Å². The fourth-order valence-corrected chi connectivity index (χ4v) is 3.51. The molecule has 9 heteroatoms. The summed E-state index contributed by atoms with van der Waals surface area (Å²) in [6.07, 6.45) is 7.21. The van der Waals surface area contributed by atoms with Gasteiger partial charge in [-0.25, -0.2) is 15.0 Å². The number of carbonyl (C=O) groups is 2. The second-order valence-corrected chi connectivity index (χ2v) is 7.28. The van der Waals surface area contributed by atoms with Crippen LogP contribution in [0.1, 0.15) is 20.4 Å². The van der Waals surface area contributed by atoms with Crippen LogP contribution in [0.2, 0.25) is 0 Å². The summed E-state index contributed by atoms with van der Waals surface area (Å²) in [4.78, 5) is 39.7. The summed E-state index contributed by atoms with van der Waals surface area (Å²) in [6, 6.07) is 1.65. The van der Waals surface area contributed by atoms with Crippen molar-refractivity contribution in [2.75, 3.05) is 13.1 Å². The van der Waals surface area contributed by atoms with E-state index < -0.39 is 0 Å². The fraction of sp³-hybridized carbons (Fsp3) is 0.312. The van der Waals surface area contributed by atoms with Crippen LogP contribution in [-0.2, 0) is 11.2 Å². The van der Waals surface area contributed by atoms with Gasteiger partial charge in [0.05, 0.1) is 12.5 Å². The molecular formula is C16H16N6O2S. The Hall–Kier alpha value is -2.81. The number of nitrogens with one attached hydrogen (secondary N) is 1. The van der Waals surface area contributed by atoms with Crippen molar-refractivity contribution in [1.29, 1.82) is 0 Å². The van der Waals surface area contributed by atoms with Crippen LogP contribution in [0.3, 0.4) is 0 Å². The average molecular weight is 356 g/mol. The molecule has 4 rings (SSSR count). The van der Waals surface area contributed by atoms with Crippen molar-refractivity contribution in [2.24, 2.45) is 0 Å². The lowest BCUT2D eigenvalue weighted by Crippen LogP contribution is -2.61. The van der Waals surface area contributed by atoms with Gasteiger partial charge in [-0.1, -0.05) is 0 Å². The molecule has 3 aromatic heterocycles. The topological polar surface area (TPSA) is 92.5 Å². The number of aromatic nitrogens is 4. The molecule has 0 aliphatic carbocycles. The highest BCUT2D eigenvalue weighted by molar-refractivity contribution is 7.11. The predicted octanol–water partition coefficient (Wildman–Crippen LogP) is 0.678. The van der Waals surface area contributed by atoms with E-state index in [1.807, 2.05) is 6.92 Å². The zero-order chi connectivity index (χ0) is 17.4. The first-order valence-corrected chi connectivity index (χ1v) is 8.70. The minimum absolute atomic E-state index is 0.0207. The van der Waals surface area contributed by atoms with Crippen LogP contribution in [0.4, 0.5) is 0 Å². The number of hydrogen-bond donors (Lipinski definition) is 1. The predicted molar refractivity (Wildman–Crippen MR) is 91.4 cm³/mol. The Labute approximate surface area is 147 Å². The van der Waals surface area contributed by atoms with E-state index in [0.717, 1.165) is 9.88 Å². The second kappa shape index (κ2) is 6.25. The van der Waals surface area contributed by atoms with E-state index in [2.05, 4.69) is 20.3 Å². The number of amides is 2. The number of likely N-dealkylation sites (tertiary alicyclic amines) is 1. The maximum atomic E-state index is 12.4. The molecule has 0 radical (unpaired) electrons. The maximum absolute atomic E-state index is 12.4. The van der Waals surface area contributed by atoms with Gasteiger partial charge < -0.3 is 10.2 Å². The van der Waals surface area contributed by atoms with Crippen molar-refractivity contribution < 1.29 is 9.59 Å². The first kappa shape index (κ1) is 15.7. The molecule has 4 heterocycles. The van der Waals surface area contributed by atoms with Gasteiger partial charge in [0.25, 0.3) is 5.91 Å². The molecule has 2 amide bonds. The molecule has 25 heavy (non-hydrogen) atoms. The molecular weight excluding hydrogens is 340 g/mol. The van der Waals surface area contributed by atoms with Crippen LogP contribution in [0.5, 0.6) is 0 Å². The van der Waals surface area contributed by atoms with Gasteiger partial charge in [0.2, 0.25) is 11.7 Å². The largest absolute Gasteiger partial charge is 0.349 e. The van der Waals surface area contributed by atoms with E-state index in [4.69, 9.17) is 0 Å². The standard InChI is InChI=1S/C16H16N6O2S/c1-10-7-18-14(25-10)6-13(23)19-11-8-22(9-11)15(24)12-2-4-21-5-3-17-16(21)20-12/h2-5,7,11H,6,8-9H2,1H3,(H,19,23). The lowest BCUT2D eigenvalue weighted by Gasteiger charge is -2.39. The van der Waals surface area contributed by atoms with Gasteiger partial charge in [0.1, 0.15) is 10.7 Å². The number of nitrogens with zero attached hydrogens (tertiary/aromatic N) is 5. The molecule has 0 saturated carbocycles. The fourth-order valence-electron chi connectivity index (χ4n) is 2.72. The molecule has 1 aliphatic heterocycles. The van der Waals surface area contributed by atoms with Gasteiger partial charge in [0, 0.05) is 42.8 Å². The zero-order valence-electron chi connectivity index (χ0n) is 13.5. The number of aryl methyl sites for hydroxylation is 1. The smallest absolute Gasteiger partial charge is 0.272 e. The summed E-state index contributed by atoms with van der Waals surface area (Å²) in [6.45, 7) is 2.94. The third kappa shape index (κ3) is 3.22. The number of thiazole rings is 1. The molecule has 1 N–H and O–H groups in total. The summed E-state index contributed by atoms with van der Waals surface area (Å²) < 4.78 is 1.75. The Morgan fingerprint density at radius 2 is 2.16 bits per heavy atom. The molecule has 1 fully saturated rings. The van der Waals surface area contributed by atoms with Gasteiger partial charge in [-0.05, 0) is 13.0 Å². The Morgan fingerprint density at radius 1 is 1.32 bits per heavy atom. The SMILES string of the molecule is Cc1cnc(CC(=O)NC2CN(C(=O)c3ccn4ccnc4n3)C2)s1. The Morgan fingerprint density at radius 3 is 2.92 bits per heavy atom. The van der Waals surface area contributed by atoms with Gasteiger partial charge in [0.15, 0.2) is 0 Å². The molecule has 0 unspecified atom stereocenters. The van der Waals surface area contributed by atoms with Gasteiger partial charge >= 0.3 is 0 Å². The number of imidazole rings is 1. The van der Waals surface area contributed by atoms with E-state index in [1.54, 1.807) is 40.2 Å². The maximum Gasteiger partial charge on any atom is 0.272 e. The Balaban J connectivity index is 1.30. The lowest BCUT2D eigenvalue weighted by molar-refractivity contribution is -0.122. The van der Waals surface area contributed by atoms with Crippen molar-refractivity contribution >= 4 is 28.9 Å². The van der Waals surface area contributed by atoms with Crippen molar-refractivity contribution in [2.45, 2.75) is 19.4 Å². The van der Waals surface area contributed by atoms with Crippen LogP contribution >= 0.6 is 11.3 Å². The van der Waals surface area contributed by atoms with Gasteiger partial charge in [-0.3, -0.25) is 14.0 Å². The quantitative estimate of drug-likeness (QED) is 0.742. The first-order chi connectivity index (χ1) is 12.1. The van der Waals surface area contributed by atoms with Crippen LogP contribution in [0.25, 0.3) is 5.78 Å². The second-order valence-electron chi connectivity index (χ2n) is 5.96. The minimum Gasteiger partial charge on any atom is -0.349 e. The molecule has 1 aliphatic rings. The molecule has 8 nitrogen and oxygen atoms in total. The minimum atomic E-state index is -0.147.